The van der Waals surface area contributed by atoms with Crippen molar-refractivity contribution in [2.75, 3.05) is 6.54 Å². The van der Waals surface area contributed by atoms with Crippen molar-refractivity contribution in [1.82, 2.24) is 0 Å². The molecule has 2 heteroatoms. The Morgan fingerprint density at radius 1 is 0.611 bits per heavy atom. The third-order valence-electron chi connectivity index (χ3n) is 3.18. The van der Waals surface area contributed by atoms with Crippen LogP contribution in [0.25, 0.3) is 0 Å². The Morgan fingerprint density at radius 2 is 1.06 bits per heavy atom. The lowest BCUT2D eigenvalue weighted by molar-refractivity contribution is -0.107. The highest BCUT2D eigenvalue weighted by molar-refractivity contribution is 5.48. The van der Waals surface area contributed by atoms with Crippen LogP contribution < -0.4 is 5.73 Å². The molecule has 0 aliphatic rings. The van der Waals surface area contributed by atoms with Crippen LogP contribution in [-0.2, 0) is 4.79 Å². The van der Waals surface area contributed by atoms with Gasteiger partial charge < -0.3 is 10.5 Å². The molecule has 0 unspecified atom stereocenters. The first-order chi connectivity index (χ1) is 8.91. The molecule has 0 saturated carbocycles. The highest BCUT2D eigenvalue weighted by Gasteiger charge is 1.90. The number of nitrogens with two attached hydrogens (primary N) is 1. The molecule has 0 bridgehead atoms. The van der Waals surface area contributed by atoms with Gasteiger partial charge in [-0.1, -0.05) is 44.3 Å². The standard InChI is InChI=1S/C16H31NO/c17-15-13-11-9-7-5-3-1-2-4-6-8-10-12-14-16-18/h1,3,16H,2,4-15,17H2/b3-1-. The molecule has 0 fully saturated rings. The first kappa shape index (κ1) is 17.4. The fraction of sp³-hybridized carbons (Fsp3) is 0.812. The van der Waals surface area contributed by atoms with E-state index in [0.717, 1.165) is 25.7 Å². The summed E-state index contributed by atoms with van der Waals surface area (Å²) in [5, 5.41) is 0. The van der Waals surface area contributed by atoms with Gasteiger partial charge in [-0.25, -0.2) is 0 Å². The second kappa shape index (κ2) is 16.4. The summed E-state index contributed by atoms with van der Waals surface area (Å²) in [4.78, 5) is 10.1. The van der Waals surface area contributed by atoms with E-state index in [4.69, 9.17) is 5.73 Å². The van der Waals surface area contributed by atoms with Crippen molar-refractivity contribution in [1.29, 1.82) is 0 Å². The second-order valence-corrected chi connectivity index (χ2v) is 4.97. The SMILES string of the molecule is NCCCCCC/C=C\CCCCCCCC=O. The van der Waals surface area contributed by atoms with E-state index in [0.29, 0.717) is 0 Å². The molecule has 0 heterocycles. The fourth-order valence-electron chi connectivity index (χ4n) is 2.02. The summed E-state index contributed by atoms with van der Waals surface area (Å²) in [5.41, 5.74) is 5.44. The molecule has 0 aliphatic heterocycles. The van der Waals surface area contributed by atoms with Crippen molar-refractivity contribution in [2.24, 2.45) is 5.73 Å². The summed E-state index contributed by atoms with van der Waals surface area (Å²) in [6, 6.07) is 0. The summed E-state index contributed by atoms with van der Waals surface area (Å²) in [6.07, 6.45) is 20.1. The van der Waals surface area contributed by atoms with Crippen LogP contribution >= 0.6 is 0 Å². The molecule has 0 aromatic rings. The van der Waals surface area contributed by atoms with Crippen molar-refractivity contribution < 1.29 is 4.79 Å². The third-order valence-corrected chi connectivity index (χ3v) is 3.18. The van der Waals surface area contributed by atoms with Crippen LogP contribution in [0.5, 0.6) is 0 Å². The highest BCUT2D eigenvalue weighted by Crippen LogP contribution is 2.08. The average Bonchev–Trinajstić information content (AvgIpc) is 2.39. The van der Waals surface area contributed by atoms with Gasteiger partial charge in [-0.15, -0.1) is 0 Å². The first-order valence-electron chi connectivity index (χ1n) is 7.70. The van der Waals surface area contributed by atoms with Crippen LogP contribution in [-0.4, -0.2) is 12.8 Å². The summed E-state index contributed by atoms with van der Waals surface area (Å²) in [6.45, 7) is 0.836. The van der Waals surface area contributed by atoms with Gasteiger partial charge in [0.15, 0.2) is 0 Å². The van der Waals surface area contributed by atoms with Gasteiger partial charge in [0.1, 0.15) is 6.29 Å². The first-order valence-corrected chi connectivity index (χ1v) is 7.70. The molecule has 0 radical (unpaired) electrons. The predicted octanol–water partition coefficient (Wildman–Crippen LogP) is 4.38. The van der Waals surface area contributed by atoms with Gasteiger partial charge in [0, 0.05) is 6.42 Å². The minimum Gasteiger partial charge on any atom is -0.330 e. The number of carbonyl (C=O) groups is 1. The third kappa shape index (κ3) is 15.4. The molecule has 2 nitrogen and oxygen atoms in total. The number of allylic oxidation sites excluding steroid dienone is 2. The zero-order valence-electron chi connectivity index (χ0n) is 11.9. The molecule has 0 spiro atoms. The maximum absolute atomic E-state index is 10.1. The molecule has 0 rings (SSSR count). The Balaban J connectivity index is 3.02. The number of hydrogen-bond acceptors (Lipinski definition) is 2. The monoisotopic (exact) mass is 253 g/mol. The zero-order valence-corrected chi connectivity index (χ0v) is 11.9. The molecule has 0 saturated heterocycles. The molecule has 0 amide bonds. The fourth-order valence-corrected chi connectivity index (χ4v) is 2.02. The highest BCUT2D eigenvalue weighted by atomic mass is 16.1. The number of aldehydes is 1. The van der Waals surface area contributed by atoms with Crippen molar-refractivity contribution in [3.63, 3.8) is 0 Å². The van der Waals surface area contributed by atoms with Crippen LogP contribution in [0.1, 0.15) is 77.0 Å². The maximum atomic E-state index is 10.1. The zero-order chi connectivity index (χ0) is 13.3. The Labute approximate surface area is 113 Å². The van der Waals surface area contributed by atoms with E-state index >= 15 is 0 Å². The molecule has 106 valence electrons. The molecule has 0 aromatic carbocycles. The van der Waals surface area contributed by atoms with Gasteiger partial charge in [0.25, 0.3) is 0 Å². The average molecular weight is 253 g/mol. The second-order valence-electron chi connectivity index (χ2n) is 4.97. The van der Waals surface area contributed by atoms with Crippen molar-refractivity contribution >= 4 is 6.29 Å². The van der Waals surface area contributed by atoms with Gasteiger partial charge in [-0.2, -0.15) is 0 Å². The topological polar surface area (TPSA) is 43.1 Å². The largest absolute Gasteiger partial charge is 0.330 e. The molecule has 0 atom stereocenters. The molecular formula is C16H31NO. The normalized spacial score (nSPS) is 11.2. The van der Waals surface area contributed by atoms with Gasteiger partial charge in [-0.05, 0) is 45.1 Å². The van der Waals surface area contributed by atoms with Crippen molar-refractivity contribution in [3.05, 3.63) is 12.2 Å². The molecule has 0 aliphatic carbocycles. The Hall–Kier alpha value is -0.630. The minimum absolute atomic E-state index is 0.740. The van der Waals surface area contributed by atoms with Crippen LogP contribution in [0, 0.1) is 0 Å². The minimum atomic E-state index is 0.740. The van der Waals surface area contributed by atoms with Gasteiger partial charge >= 0.3 is 0 Å². The summed E-state index contributed by atoms with van der Waals surface area (Å²) < 4.78 is 0. The van der Waals surface area contributed by atoms with Gasteiger partial charge in [0.2, 0.25) is 0 Å². The van der Waals surface area contributed by atoms with Crippen LogP contribution in [0.2, 0.25) is 0 Å². The van der Waals surface area contributed by atoms with E-state index in [9.17, 15) is 4.79 Å². The molecule has 2 N–H and O–H groups in total. The van der Waals surface area contributed by atoms with E-state index in [1.54, 1.807) is 0 Å². The van der Waals surface area contributed by atoms with Crippen molar-refractivity contribution in [2.45, 2.75) is 77.0 Å². The Morgan fingerprint density at radius 3 is 1.56 bits per heavy atom. The molecular weight excluding hydrogens is 222 g/mol. The lowest BCUT2D eigenvalue weighted by Gasteiger charge is -1.98. The predicted molar refractivity (Wildman–Crippen MR) is 79.7 cm³/mol. The quantitative estimate of drug-likeness (QED) is 0.283. The maximum Gasteiger partial charge on any atom is 0.119 e. The van der Waals surface area contributed by atoms with E-state index in [1.807, 2.05) is 0 Å². The van der Waals surface area contributed by atoms with Gasteiger partial charge in [0.05, 0.1) is 0 Å². The van der Waals surface area contributed by atoms with Crippen molar-refractivity contribution in [3.8, 4) is 0 Å². The lowest BCUT2D eigenvalue weighted by atomic mass is 10.1. The van der Waals surface area contributed by atoms with E-state index in [2.05, 4.69) is 12.2 Å². The number of carbonyl (C=O) groups excluding carboxylic acids is 1. The van der Waals surface area contributed by atoms with Crippen LogP contribution in [0.4, 0.5) is 0 Å². The smallest absolute Gasteiger partial charge is 0.119 e. The van der Waals surface area contributed by atoms with E-state index in [1.165, 1.54) is 64.2 Å². The Kier molecular flexibility index (Phi) is 15.8. The van der Waals surface area contributed by atoms with E-state index < -0.39 is 0 Å². The van der Waals surface area contributed by atoms with Crippen LogP contribution in [0.15, 0.2) is 12.2 Å². The summed E-state index contributed by atoms with van der Waals surface area (Å²) in [5.74, 6) is 0. The van der Waals surface area contributed by atoms with Crippen LogP contribution in [0.3, 0.4) is 0 Å². The lowest BCUT2D eigenvalue weighted by Crippen LogP contribution is -1.97. The Bertz CT molecular complexity index is 190. The molecule has 0 aromatic heterocycles. The number of rotatable bonds is 14. The molecule has 18 heavy (non-hydrogen) atoms. The number of unbranched alkanes of at least 4 members (excludes halogenated alkanes) is 10. The number of hydrogen-bond donors (Lipinski definition) is 1. The summed E-state index contributed by atoms with van der Waals surface area (Å²) in [7, 11) is 0. The van der Waals surface area contributed by atoms with Gasteiger partial charge in [-0.3, -0.25) is 0 Å². The summed E-state index contributed by atoms with van der Waals surface area (Å²) >= 11 is 0. The van der Waals surface area contributed by atoms with E-state index in [-0.39, 0.29) is 0 Å².